The molecule has 0 unspecified atom stereocenters. The molecule has 28 heavy (non-hydrogen) atoms. The smallest absolute Gasteiger partial charge is 0.229 e. The van der Waals surface area contributed by atoms with Crippen LogP contribution in [-0.4, -0.2) is 44.3 Å². The third-order valence-electron chi connectivity index (χ3n) is 5.80. The van der Waals surface area contributed by atoms with E-state index in [1.807, 2.05) is 4.90 Å². The van der Waals surface area contributed by atoms with Crippen molar-refractivity contribution in [3.63, 3.8) is 0 Å². The van der Waals surface area contributed by atoms with Crippen LogP contribution < -0.4 is 15.5 Å². The number of halogens is 1. The van der Waals surface area contributed by atoms with Gasteiger partial charge in [0.25, 0.3) is 0 Å². The fraction of sp³-hybridized carbons (Fsp3) is 0.500. The van der Waals surface area contributed by atoms with Gasteiger partial charge in [-0.05, 0) is 12.8 Å². The SMILES string of the molecule is Cn1cc(Nc2ncc(F)c(N3C[C@H]4C[C@@]4(NC(=O)[C@@H]4C[C@H]4C#N)C3)n2)cn1. The van der Waals surface area contributed by atoms with Gasteiger partial charge in [0, 0.05) is 32.3 Å². The van der Waals surface area contributed by atoms with Crippen molar-refractivity contribution in [2.45, 2.75) is 18.4 Å². The van der Waals surface area contributed by atoms with E-state index in [0.717, 1.165) is 12.6 Å². The molecule has 2 N–H and O–H groups in total. The molecular formula is C18H19FN8O. The van der Waals surface area contributed by atoms with Crippen LogP contribution in [0, 0.1) is 34.9 Å². The van der Waals surface area contributed by atoms with Gasteiger partial charge in [-0.3, -0.25) is 9.48 Å². The number of hydrogen-bond donors (Lipinski definition) is 2. The first-order valence-corrected chi connectivity index (χ1v) is 9.22. The van der Waals surface area contributed by atoms with E-state index in [2.05, 4.69) is 31.8 Å². The first kappa shape index (κ1) is 16.9. The fourth-order valence-corrected chi connectivity index (χ4v) is 4.06. The quantitative estimate of drug-likeness (QED) is 0.792. The van der Waals surface area contributed by atoms with Crippen LogP contribution in [0.3, 0.4) is 0 Å². The number of anilines is 3. The van der Waals surface area contributed by atoms with E-state index in [1.54, 1.807) is 24.1 Å². The molecule has 4 atom stereocenters. The summed E-state index contributed by atoms with van der Waals surface area (Å²) in [5, 5.41) is 19.1. The lowest BCUT2D eigenvalue weighted by atomic mass is 10.2. The van der Waals surface area contributed by atoms with Crippen LogP contribution in [0.4, 0.5) is 21.8 Å². The average molecular weight is 382 g/mol. The molecule has 2 aromatic rings. The molecule has 2 aliphatic carbocycles. The summed E-state index contributed by atoms with van der Waals surface area (Å²) in [7, 11) is 1.80. The molecule has 3 aliphatic rings. The second-order valence-electron chi connectivity index (χ2n) is 7.90. The van der Waals surface area contributed by atoms with Gasteiger partial charge in [-0.2, -0.15) is 15.3 Å². The van der Waals surface area contributed by atoms with Gasteiger partial charge in [-0.25, -0.2) is 9.37 Å². The molecule has 1 saturated heterocycles. The van der Waals surface area contributed by atoms with E-state index in [1.165, 1.54) is 0 Å². The summed E-state index contributed by atoms with van der Waals surface area (Å²) in [5.41, 5.74) is 0.387. The van der Waals surface area contributed by atoms with Gasteiger partial charge in [-0.15, -0.1) is 0 Å². The molecule has 3 fully saturated rings. The van der Waals surface area contributed by atoms with Crippen molar-refractivity contribution in [3.05, 3.63) is 24.4 Å². The Morgan fingerprint density at radius 3 is 3.04 bits per heavy atom. The van der Waals surface area contributed by atoms with Gasteiger partial charge in [0.15, 0.2) is 11.6 Å². The number of rotatable bonds is 5. The van der Waals surface area contributed by atoms with Crippen molar-refractivity contribution in [1.29, 1.82) is 5.26 Å². The Balaban J connectivity index is 1.29. The van der Waals surface area contributed by atoms with Crippen molar-refractivity contribution in [1.82, 2.24) is 25.1 Å². The Morgan fingerprint density at radius 1 is 1.46 bits per heavy atom. The molecule has 10 heteroatoms. The van der Waals surface area contributed by atoms with Gasteiger partial charge in [0.1, 0.15) is 0 Å². The summed E-state index contributed by atoms with van der Waals surface area (Å²) in [6.45, 7) is 1.14. The minimum atomic E-state index is -0.494. The average Bonchev–Trinajstić information content (AvgIpc) is 3.52. The predicted octanol–water partition coefficient (Wildman–Crippen LogP) is 0.947. The minimum Gasteiger partial charge on any atom is -0.351 e. The van der Waals surface area contributed by atoms with Crippen molar-refractivity contribution in [2.24, 2.45) is 24.8 Å². The highest BCUT2D eigenvalue weighted by atomic mass is 19.1. The van der Waals surface area contributed by atoms with Crippen molar-refractivity contribution in [2.75, 3.05) is 23.3 Å². The van der Waals surface area contributed by atoms with Crippen LogP contribution in [0.15, 0.2) is 18.6 Å². The van der Waals surface area contributed by atoms with E-state index in [9.17, 15) is 9.18 Å². The summed E-state index contributed by atoms with van der Waals surface area (Å²) >= 11 is 0. The van der Waals surface area contributed by atoms with Crippen LogP contribution in [-0.2, 0) is 11.8 Å². The highest BCUT2D eigenvalue weighted by Crippen LogP contribution is 2.51. The van der Waals surface area contributed by atoms with Crippen molar-refractivity contribution < 1.29 is 9.18 Å². The number of piperidine rings is 1. The number of amides is 1. The number of carbonyl (C=O) groups excluding carboxylic acids is 1. The molecule has 1 aliphatic heterocycles. The zero-order valence-electron chi connectivity index (χ0n) is 15.3. The molecule has 2 aromatic heterocycles. The molecule has 0 bridgehead atoms. The van der Waals surface area contributed by atoms with Crippen LogP contribution in [0.2, 0.25) is 0 Å². The second-order valence-corrected chi connectivity index (χ2v) is 7.90. The number of nitrogens with one attached hydrogen (secondary N) is 2. The third kappa shape index (κ3) is 2.83. The number of aromatic nitrogens is 4. The molecule has 3 heterocycles. The van der Waals surface area contributed by atoms with E-state index in [0.29, 0.717) is 25.2 Å². The standard InChI is InChI=1S/C18H19FN8O/c1-26-8-12(5-22-26)23-17-21-6-14(19)15(24-17)27-7-11-3-18(11,9-27)25-16(28)13-2-10(13)4-20/h5-6,8,10-11,13H,2-3,7,9H2,1H3,(H,25,28)(H,21,23,24)/t10-,11+,13+,18+/m0/s1. The molecule has 0 radical (unpaired) electrons. The van der Waals surface area contributed by atoms with E-state index >= 15 is 0 Å². The first-order valence-electron chi connectivity index (χ1n) is 9.22. The number of carbonyl (C=O) groups is 1. The summed E-state index contributed by atoms with van der Waals surface area (Å²) < 4.78 is 16.0. The lowest BCUT2D eigenvalue weighted by molar-refractivity contribution is -0.123. The molecule has 0 spiro atoms. The molecule has 9 nitrogen and oxygen atoms in total. The normalized spacial score (nSPS) is 29.8. The highest BCUT2D eigenvalue weighted by Gasteiger charge is 2.62. The van der Waals surface area contributed by atoms with Gasteiger partial charge in [0.2, 0.25) is 11.9 Å². The fourth-order valence-electron chi connectivity index (χ4n) is 4.06. The summed E-state index contributed by atoms with van der Waals surface area (Å²) in [5.74, 6) is -0.113. The molecule has 1 amide bonds. The van der Waals surface area contributed by atoms with Crippen LogP contribution in [0.5, 0.6) is 0 Å². The molecule has 2 saturated carbocycles. The maximum Gasteiger partial charge on any atom is 0.229 e. The molecule has 0 aromatic carbocycles. The van der Waals surface area contributed by atoms with E-state index in [4.69, 9.17) is 5.26 Å². The molecule has 144 valence electrons. The van der Waals surface area contributed by atoms with Crippen molar-refractivity contribution in [3.8, 4) is 6.07 Å². The zero-order valence-corrected chi connectivity index (χ0v) is 15.3. The highest BCUT2D eigenvalue weighted by molar-refractivity contribution is 5.83. The van der Waals surface area contributed by atoms with Gasteiger partial charge in [-0.1, -0.05) is 0 Å². The molecule has 5 rings (SSSR count). The zero-order chi connectivity index (χ0) is 19.5. The number of aryl methyl sites for hydroxylation is 1. The van der Waals surface area contributed by atoms with Crippen LogP contribution in [0.1, 0.15) is 12.8 Å². The largest absolute Gasteiger partial charge is 0.351 e. The Labute approximate surface area is 160 Å². The number of nitriles is 1. The summed E-state index contributed by atoms with van der Waals surface area (Å²) in [6, 6.07) is 2.14. The maximum atomic E-state index is 14.4. The van der Waals surface area contributed by atoms with E-state index < -0.39 is 5.82 Å². The third-order valence-corrected chi connectivity index (χ3v) is 5.80. The lowest BCUT2D eigenvalue weighted by Gasteiger charge is -2.23. The maximum absolute atomic E-state index is 14.4. The number of hydrogen-bond acceptors (Lipinski definition) is 7. The lowest BCUT2D eigenvalue weighted by Crippen LogP contribution is -2.43. The number of nitrogens with zero attached hydrogens (tertiary/aromatic N) is 6. The topological polar surface area (TPSA) is 112 Å². The number of fused-ring (bicyclic) bond motifs is 1. The Bertz CT molecular complexity index is 1000. The van der Waals surface area contributed by atoms with E-state index in [-0.39, 0.29) is 41.0 Å². The first-order chi connectivity index (χ1) is 13.5. The predicted molar refractivity (Wildman–Crippen MR) is 96.9 cm³/mol. The van der Waals surface area contributed by atoms with Gasteiger partial charge < -0.3 is 15.5 Å². The molecular weight excluding hydrogens is 363 g/mol. The van der Waals surface area contributed by atoms with Gasteiger partial charge >= 0.3 is 0 Å². The Kier molecular flexibility index (Phi) is 3.56. The Morgan fingerprint density at radius 2 is 2.32 bits per heavy atom. The summed E-state index contributed by atoms with van der Waals surface area (Å²) in [6.07, 6.45) is 6.07. The van der Waals surface area contributed by atoms with Crippen LogP contribution in [0.25, 0.3) is 0 Å². The minimum absolute atomic E-state index is 0.0574. The summed E-state index contributed by atoms with van der Waals surface area (Å²) in [4.78, 5) is 22.5. The Hall–Kier alpha value is -3.22. The second kappa shape index (κ2) is 5.89. The van der Waals surface area contributed by atoms with Crippen LogP contribution >= 0.6 is 0 Å². The van der Waals surface area contributed by atoms with Gasteiger partial charge in [0.05, 0.1) is 41.5 Å². The monoisotopic (exact) mass is 382 g/mol. The van der Waals surface area contributed by atoms with Crippen molar-refractivity contribution >= 4 is 23.4 Å².